The molecule has 0 radical (unpaired) electrons. The number of anilines is 3. The Morgan fingerprint density at radius 2 is 1.70 bits per heavy atom. The fourth-order valence-electron chi connectivity index (χ4n) is 3.34. The lowest BCUT2D eigenvalue weighted by molar-refractivity contribution is -0.115. The van der Waals surface area contributed by atoms with Crippen LogP contribution in [0.3, 0.4) is 0 Å². The highest BCUT2D eigenvalue weighted by Gasteiger charge is 2.34. The number of benzene rings is 3. The number of aryl methyl sites for hydroxylation is 1. The van der Waals surface area contributed by atoms with Crippen LogP contribution in [-0.2, 0) is 4.79 Å². The SMILES string of the molecule is Cc1ccccc1N1C(=O)CSC1c1ccc(NC(=O)Nc2ccccc2F)cc1. The van der Waals surface area contributed by atoms with E-state index >= 15 is 0 Å². The van der Waals surface area contributed by atoms with Crippen LogP contribution in [0.25, 0.3) is 0 Å². The minimum absolute atomic E-state index is 0.0748. The molecule has 0 spiro atoms. The molecule has 5 nitrogen and oxygen atoms in total. The van der Waals surface area contributed by atoms with Gasteiger partial charge in [0.15, 0.2) is 0 Å². The average Bonchev–Trinajstić information content (AvgIpc) is 3.12. The Morgan fingerprint density at radius 1 is 1.00 bits per heavy atom. The fourth-order valence-corrected chi connectivity index (χ4v) is 4.51. The zero-order valence-corrected chi connectivity index (χ0v) is 17.1. The third-order valence-electron chi connectivity index (χ3n) is 4.82. The van der Waals surface area contributed by atoms with Crippen LogP contribution in [0, 0.1) is 12.7 Å². The van der Waals surface area contributed by atoms with Gasteiger partial charge in [-0.3, -0.25) is 9.69 Å². The van der Waals surface area contributed by atoms with E-state index < -0.39 is 11.8 Å². The second kappa shape index (κ2) is 8.59. The van der Waals surface area contributed by atoms with Gasteiger partial charge in [0.1, 0.15) is 11.2 Å². The van der Waals surface area contributed by atoms with E-state index in [1.165, 1.54) is 12.1 Å². The number of nitrogens with one attached hydrogen (secondary N) is 2. The van der Waals surface area contributed by atoms with Gasteiger partial charge in [-0.1, -0.05) is 42.5 Å². The minimum atomic E-state index is -0.528. The summed E-state index contributed by atoms with van der Waals surface area (Å²) in [6.45, 7) is 1.99. The number of thioether (sulfide) groups is 1. The van der Waals surface area contributed by atoms with E-state index in [1.807, 2.05) is 48.2 Å². The van der Waals surface area contributed by atoms with Crippen molar-refractivity contribution in [1.29, 1.82) is 0 Å². The summed E-state index contributed by atoms with van der Waals surface area (Å²) in [6.07, 6.45) is 0. The first kappa shape index (κ1) is 20.0. The van der Waals surface area contributed by atoms with Crippen molar-refractivity contribution in [1.82, 2.24) is 0 Å². The van der Waals surface area contributed by atoms with Crippen LogP contribution in [0.5, 0.6) is 0 Å². The fraction of sp³-hybridized carbons (Fsp3) is 0.130. The van der Waals surface area contributed by atoms with Gasteiger partial charge in [0.2, 0.25) is 5.91 Å². The van der Waals surface area contributed by atoms with E-state index in [9.17, 15) is 14.0 Å². The number of halogens is 1. The lowest BCUT2D eigenvalue weighted by Crippen LogP contribution is -2.28. The number of carbonyl (C=O) groups is 2. The number of hydrogen-bond donors (Lipinski definition) is 2. The van der Waals surface area contributed by atoms with Crippen LogP contribution in [0.15, 0.2) is 72.8 Å². The summed E-state index contributed by atoms with van der Waals surface area (Å²) in [5.41, 5.74) is 3.60. The molecule has 0 saturated carbocycles. The first-order chi connectivity index (χ1) is 14.5. The van der Waals surface area contributed by atoms with Crippen molar-refractivity contribution < 1.29 is 14.0 Å². The maximum Gasteiger partial charge on any atom is 0.323 e. The highest BCUT2D eigenvalue weighted by molar-refractivity contribution is 8.00. The van der Waals surface area contributed by atoms with Gasteiger partial charge >= 0.3 is 6.03 Å². The van der Waals surface area contributed by atoms with Crippen molar-refractivity contribution in [3.63, 3.8) is 0 Å². The normalized spacial score (nSPS) is 15.9. The van der Waals surface area contributed by atoms with Gasteiger partial charge in [0, 0.05) is 11.4 Å². The zero-order chi connectivity index (χ0) is 21.1. The van der Waals surface area contributed by atoms with E-state index in [4.69, 9.17) is 0 Å². The molecule has 152 valence electrons. The molecule has 2 N–H and O–H groups in total. The summed E-state index contributed by atoms with van der Waals surface area (Å²) < 4.78 is 13.7. The van der Waals surface area contributed by atoms with Crippen molar-refractivity contribution in [3.8, 4) is 0 Å². The molecule has 0 aromatic heterocycles. The average molecular weight is 421 g/mol. The molecule has 3 aromatic rings. The van der Waals surface area contributed by atoms with Crippen LogP contribution >= 0.6 is 11.8 Å². The summed E-state index contributed by atoms with van der Waals surface area (Å²) in [5.74, 6) is -0.00248. The smallest absolute Gasteiger partial charge is 0.308 e. The number of amides is 3. The van der Waals surface area contributed by atoms with Crippen LogP contribution in [0.2, 0.25) is 0 Å². The monoisotopic (exact) mass is 421 g/mol. The molecule has 1 fully saturated rings. The number of hydrogen-bond acceptors (Lipinski definition) is 3. The van der Waals surface area contributed by atoms with Gasteiger partial charge in [-0.05, 0) is 48.4 Å². The van der Waals surface area contributed by atoms with Crippen molar-refractivity contribution in [3.05, 3.63) is 89.7 Å². The molecule has 30 heavy (non-hydrogen) atoms. The van der Waals surface area contributed by atoms with Crippen LogP contribution in [-0.4, -0.2) is 17.7 Å². The van der Waals surface area contributed by atoms with Crippen molar-refractivity contribution in [2.24, 2.45) is 0 Å². The maximum absolute atomic E-state index is 13.7. The molecule has 0 aliphatic carbocycles. The molecule has 1 aliphatic rings. The Morgan fingerprint density at radius 3 is 2.43 bits per heavy atom. The number of nitrogens with zero attached hydrogens (tertiary/aromatic N) is 1. The summed E-state index contributed by atoms with van der Waals surface area (Å²) in [7, 11) is 0. The van der Waals surface area contributed by atoms with Crippen LogP contribution in [0.1, 0.15) is 16.5 Å². The second-order valence-corrected chi connectivity index (χ2v) is 7.96. The van der Waals surface area contributed by atoms with Crippen molar-refractivity contribution in [2.45, 2.75) is 12.3 Å². The van der Waals surface area contributed by atoms with Crippen LogP contribution < -0.4 is 15.5 Å². The van der Waals surface area contributed by atoms with E-state index in [-0.39, 0.29) is 17.0 Å². The molecule has 7 heteroatoms. The highest BCUT2D eigenvalue weighted by atomic mass is 32.2. The minimum Gasteiger partial charge on any atom is -0.308 e. The Hall–Kier alpha value is -3.32. The molecule has 3 aromatic carbocycles. The number of carbonyl (C=O) groups excluding carboxylic acids is 2. The van der Waals surface area contributed by atoms with Gasteiger partial charge in [-0.2, -0.15) is 0 Å². The lowest BCUT2D eigenvalue weighted by atomic mass is 10.1. The van der Waals surface area contributed by atoms with E-state index in [1.54, 1.807) is 36.0 Å². The van der Waals surface area contributed by atoms with Gasteiger partial charge in [-0.15, -0.1) is 11.8 Å². The third kappa shape index (κ3) is 4.16. The second-order valence-electron chi connectivity index (χ2n) is 6.89. The standard InChI is InChI=1S/C23H20FN3O2S/c1-15-6-2-5-9-20(15)27-21(28)14-30-22(27)16-10-12-17(13-11-16)25-23(29)26-19-8-4-3-7-18(19)24/h2-13,22H,14H2,1H3,(H2,25,26,29). The molecule has 1 atom stereocenters. The summed E-state index contributed by atoms with van der Waals surface area (Å²) in [5, 5.41) is 5.05. The summed E-state index contributed by atoms with van der Waals surface area (Å²) >= 11 is 1.57. The van der Waals surface area contributed by atoms with Crippen molar-refractivity contribution >= 4 is 40.8 Å². The molecular weight excluding hydrogens is 401 g/mol. The number of para-hydroxylation sites is 2. The van der Waals surface area contributed by atoms with E-state index in [0.717, 1.165) is 16.8 Å². The molecule has 3 amide bonds. The molecule has 1 saturated heterocycles. The van der Waals surface area contributed by atoms with Gasteiger partial charge in [0.25, 0.3) is 0 Å². The topological polar surface area (TPSA) is 61.4 Å². The lowest BCUT2D eigenvalue weighted by Gasteiger charge is -2.26. The summed E-state index contributed by atoms with van der Waals surface area (Å²) in [4.78, 5) is 26.5. The van der Waals surface area contributed by atoms with Gasteiger partial charge < -0.3 is 10.6 Å². The van der Waals surface area contributed by atoms with E-state index in [0.29, 0.717) is 11.4 Å². The number of urea groups is 1. The predicted octanol–water partition coefficient (Wildman–Crippen LogP) is 5.56. The van der Waals surface area contributed by atoms with Crippen molar-refractivity contribution in [2.75, 3.05) is 21.3 Å². The Bertz CT molecular complexity index is 1090. The van der Waals surface area contributed by atoms with Crippen LogP contribution in [0.4, 0.5) is 26.2 Å². The van der Waals surface area contributed by atoms with Gasteiger partial charge in [-0.25, -0.2) is 9.18 Å². The molecule has 1 unspecified atom stereocenters. The molecule has 1 heterocycles. The number of rotatable bonds is 4. The quantitative estimate of drug-likeness (QED) is 0.580. The summed E-state index contributed by atoms with van der Waals surface area (Å²) in [6, 6.07) is 20.6. The molecule has 0 bridgehead atoms. The van der Waals surface area contributed by atoms with Gasteiger partial charge in [0.05, 0.1) is 11.4 Å². The highest BCUT2D eigenvalue weighted by Crippen LogP contribution is 2.42. The molecular formula is C23H20FN3O2S. The van der Waals surface area contributed by atoms with E-state index in [2.05, 4.69) is 10.6 Å². The largest absolute Gasteiger partial charge is 0.323 e. The maximum atomic E-state index is 13.7. The molecule has 4 rings (SSSR count). The third-order valence-corrected chi connectivity index (χ3v) is 6.03. The Labute approximate surface area is 178 Å². The predicted molar refractivity (Wildman–Crippen MR) is 119 cm³/mol. The Kier molecular flexibility index (Phi) is 5.72. The first-order valence-electron chi connectivity index (χ1n) is 9.45. The zero-order valence-electron chi connectivity index (χ0n) is 16.3. The Balaban J connectivity index is 1.48. The molecule has 1 aliphatic heterocycles. The first-order valence-corrected chi connectivity index (χ1v) is 10.5.